The van der Waals surface area contributed by atoms with Gasteiger partial charge in [0.2, 0.25) is 0 Å². The second-order valence-corrected chi connectivity index (χ2v) is 4.76. The number of halogens is 1. The molecule has 2 rings (SSSR count). The minimum Gasteiger partial charge on any atom is -0.336 e. The first-order valence-electron chi connectivity index (χ1n) is 6.25. The molecule has 0 bridgehead atoms. The maximum Gasteiger partial charge on any atom is 0.270 e. The van der Waals surface area contributed by atoms with Crippen molar-refractivity contribution in [2.45, 2.75) is 32.2 Å². The summed E-state index contributed by atoms with van der Waals surface area (Å²) >= 11 is 0. The summed E-state index contributed by atoms with van der Waals surface area (Å²) in [7, 11) is 0. The zero-order chi connectivity index (χ0) is 14.0. The molecule has 1 aliphatic heterocycles. The molecular formula is C13H15FN2O3. The van der Waals surface area contributed by atoms with E-state index in [0.717, 1.165) is 37.5 Å². The van der Waals surface area contributed by atoms with Crippen molar-refractivity contribution in [2.24, 2.45) is 0 Å². The molecule has 1 aromatic carbocycles. The number of nitrogens with zero attached hydrogens (tertiary/aromatic N) is 2. The number of rotatable bonds is 2. The van der Waals surface area contributed by atoms with Crippen LogP contribution in [-0.2, 0) is 0 Å². The maximum atomic E-state index is 13.7. The van der Waals surface area contributed by atoms with Gasteiger partial charge in [-0.05, 0) is 32.3 Å². The van der Waals surface area contributed by atoms with E-state index in [1.807, 2.05) is 6.92 Å². The summed E-state index contributed by atoms with van der Waals surface area (Å²) in [5.74, 6) is -1.18. The van der Waals surface area contributed by atoms with Gasteiger partial charge < -0.3 is 4.90 Å². The summed E-state index contributed by atoms with van der Waals surface area (Å²) in [5, 5.41) is 10.7. The highest BCUT2D eigenvalue weighted by Gasteiger charge is 2.27. The van der Waals surface area contributed by atoms with Gasteiger partial charge in [-0.1, -0.05) is 0 Å². The van der Waals surface area contributed by atoms with Crippen LogP contribution in [0.15, 0.2) is 18.2 Å². The van der Waals surface area contributed by atoms with Gasteiger partial charge in [-0.3, -0.25) is 14.9 Å². The number of piperidine rings is 1. The Morgan fingerprint density at radius 2 is 2.21 bits per heavy atom. The van der Waals surface area contributed by atoms with Crippen molar-refractivity contribution in [3.63, 3.8) is 0 Å². The van der Waals surface area contributed by atoms with E-state index >= 15 is 0 Å². The molecule has 5 nitrogen and oxygen atoms in total. The Labute approximate surface area is 110 Å². The Bertz CT molecular complexity index is 519. The van der Waals surface area contributed by atoms with E-state index in [9.17, 15) is 19.3 Å². The monoisotopic (exact) mass is 266 g/mol. The van der Waals surface area contributed by atoms with Gasteiger partial charge in [0.1, 0.15) is 5.82 Å². The van der Waals surface area contributed by atoms with Crippen LogP contribution >= 0.6 is 0 Å². The van der Waals surface area contributed by atoms with E-state index in [1.165, 1.54) is 0 Å². The Balaban J connectivity index is 2.32. The lowest BCUT2D eigenvalue weighted by Crippen LogP contribution is -2.42. The van der Waals surface area contributed by atoms with Crippen molar-refractivity contribution in [1.82, 2.24) is 4.90 Å². The molecule has 1 atom stereocenters. The van der Waals surface area contributed by atoms with Crippen LogP contribution in [0.3, 0.4) is 0 Å². The normalized spacial score (nSPS) is 19.3. The maximum absolute atomic E-state index is 13.7. The number of carbonyl (C=O) groups excluding carboxylic acids is 1. The van der Waals surface area contributed by atoms with Crippen molar-refractivity contribution in [1.29, 1.82) is 0 Å². The third kappa shape index (κ3) is 2.72. The third-order valence-corrected chi connectivity index (χ3v) is 3.46. The number of nitro groups is 1. The average Bonchev–Trinajstić information content (AvgIpc) is 2.38. The topological polar surface area (TPSA) is 63.5 Å². The first-order chi connectivity index (χ1) is 9.00. The lowest BCUT2D eigenvalue weighted by atomic mass is 10.0. The molecule has 0 aliphatic carbocycles. The number of carbonyl (C=O) groups is 1. The molecule has 0 N–H and O–H groups in total. The standard InChI is InChI=1S/C13H15FN2O3/c1-9-4-2-3-7-15(9)13(17)11-8-10(16(18)19)5-6-12(11)14/h5-6,8-9H,2-4,7H2,1H3. The van der Waals surface area contributed by atoms with Crippen LogP contribution in [0.1, 0.15) is 36.5 Å². The summed E-state index contributed by atoms with van der Waals surface area (Å²) in [6.45, 7) is 2.48. The summed E-state index contributed by atoms with van der Waals surface area (Å²) in [5.41, 5.74) is -0.489. The molecular weight excluding hydrogens is 251 g/mol. The first-order valence-corrected chi connectivity index (χ1v) is 6.25. The van der Waals surface area contributed by atoms with Gasteiger partial charge in [-0.2, -0.15) is 0 Å². The molecule has 0 radical (unpaired) electrons. The van der Waals surface area contributed by atoms with Crippen molar-refractivity contribution < 1.29 is 14.1 Å². The largest absolute Gasteiger partial charge is 0.336 e. The van der Waals surface area contributed by atoms with Crippen LogP contribution < -0.4 is 0 Å². The molecule has 0 saturated carbocycles. The number of hydrogen-bond acceptors (Lipinski definition) is 3. The van der Waals surface area contributed by atoms with Gasteiger partial charge in [-0.25, -0.2) is 4.39 Å². The van der Waals surface area contributed by atoms with Gasteiger partial charge in [0, 0.05) is 24.7 Å². The average molecular weight is 266 g/mol. The zero-order valence-electron chi connectivity index (χ0n) is 10.6. The molecule has 102 valence electrons. The van der Waals surface area contributed by atoms with Crippen LogP contribution in [-0.4, -0.2) is 28.3 Å². The van der Waals surface area contributed by atoms with Crippen LogP contribution in [0.5, 0.6) is 0 Å². The van der Waals surface area contributed by atoms with Crippen molar-refractivity contribution >= 4 is 11.6 Å². The minimum absolute atomic E-state index is 0.0416. The highest BCUT2D eigenvalue weighted by atomic mass is 19.1. The molecule has 1 saturated heterocycles. The fourth-order valence-corrected chi connectivity index (χ4v) is 2.35. The Hall–Kier alpha value is -1.98. The fraction of sp³-hybridized carbons (Fsp3) is 0.462. The highest BCUT2D eigenvalue weighted by Crippen LogP contribution is 2.23. The molecule has 6 heteroatoms. The number of hydrogen-bond donors (Lipinski definition) is 0. The Kier molecular flexibility index (Phi) is 3.78. The Morgan fingerprint density at radius 3 is 2.84 bits per heavy atom. The second kappa shape index (κ2) is 5.34. The summed E-state index contributed by atoms with van der Waals surface area (Å²) < 4.78 is 13.7. The van der Waals surface area contributed by atoms with E-state index in [4.69, 9.17) is 0 Å². The molecule has 1 unspecified atom stereocenters. The fourth-order valence-electron chi connectivity index (χ4n) is 2.35. The molecule has 19 heavy (non-hydrogen) atoms. The summed E-state index contributed by atoms with van der Waals surface area (Å²) in [6.07, 6.45) is 2.80. The van der Waals surface area contributed by atoms with Crippen molar-refractivity contribution in [3.8, 4) is 0 Å². The minimum atomic E-state index is -0.714. The van der Waals surface area contributed by atoms with E-state index in [2.05, 4.69) is 0 Å². The molecule has 1 aliphatic rings. The summed E-state index contributed by atoms with van der Waals surface area (Å²) in [6, 6.07) is 3.09. The molecule has 0 spiro atoms. The van der Waals surface area contributed by atoms with Crippen LogP contribution in [0.25, 0.3) is 0 Å². The lowest BCUT2D eigenvalue weighted by molar-refractivity contribution is -0.384. The quantitative estimate of drug-likeness (QED) is 0.610. The second-order valence-electron chi connectivity index (χ2n) is 4.76. The number of nitro benzene ring substituents is 1. The van der Waals surface area contributed by atoms with Crippen LogP contribution in [0.2, 0.25) is 0 Å². The third-order valence-electron chi connectivity index (χ3n) is 3.46. The lowest BCUT2D eigenvalue weighted by Gasteiger charge is -2.33. The van der Waals surface area contributed by atoms with Gasteiger partial charge in [-0.15, -0.1) is 0 Å². The van der Waals surface area contributed by atoms with E-state index in [0.29, 0.717) is 6.54 Å². The molecule has 1 aromatic rings. The van der Waals surface area contributed by atoms with Crippen molar-refractivity contribution in [2.75, 3.05) is 6.54 Å². The van der Waals surface area contributed by atoms with E-state index < -0.39 is 16.6 Å². The number of likely N-dealkylation sites (tertiary alicyclic amines) is 1. The van der Waals surface area contributed by atoms with Gasteiger partial charge in [0.15, 0.2) is 0 Å². The van der Waals surface area contributed by atoms with Crippen LogP contribution in [0.4, 0.5) is 10.1 Å². The SMILES string of the molecule is CC1CCCCN1C(=O)c1cc([N+](=O)[O-])ccc1F. The van der Waals surface area contributed by atoms with E-state index in [1.54, 1.807) is 4.90 Å². The molecule has 1 amide bonds. The predicted octanol–water partition coefficient (Wildman–Crippen LogP) is 2.75. The smallest absolute Gasteiger partial charge is 0.270 e. The van der Waals surface area contributed by atoms with Gasteiger partial charge in [0.05, 0.1) is 10.5 Å². The number of amides is 1. The molecule has 1 heterocycles. The first kappa shape index (κ1) is 13.5. The van der Waals surface area contributed by atoms with E-state index in [-0.39, 0.29) is 17.3 Å². The van der Waals surface area contributed by atoms with Gasteiger partial charge in [0.25, 0.3) is 11.6 Å². The molecule has 0 aromatic heterocycles. The highest BCUT2D eigenvalue weighted by molar-refractivity contribution is 5.95. The zero-order valence-corrected chi connectivity index (χ0v) is 10.6. The van der Waals surface area contributed by atoms with Crippen molar-refractivity contribution in [3.05, 3.63) is 39.7 Å². The number of benzene rings is 1. The van der Waals surface area contributed by atoms with Gasteiger partial charge >= 0.3 is 0 Å². The molecule has 1 fully saturated rings. The van der Waals surface area contributed by atoms with Crippen LogP contribution in [0, 0.1) is 15.9 Å². The number of non-ortho nitro benzene ring substituents is 1. The predicted molar refractivity (Wildman–Crippen MR) is 67.4 cm³/mol. The summed E-state index contributed by atoms with van der Waals surface area (Å²) in [4.78, 5) is 23.9. The Morgan fingerprint density at radius 1 is 1.47 bits per heavy atom.